The molecule has 114 valence electrons. The molecule has 2 saturated carbocycles. The van der Waals surface area contributed by atoms with Crippen molar-refractivity contribution in [3.05, 3.63) is 35.4 Å². The first-order valence-electron chi connectivity index (χ1n) is 8.95. The average molecular weight is 283 g/mol. The zero-order chi connectivity index (χ0) is 14.4. The SMILES string of the molecule is CN(C)[C@@H]1CCCC2CC3Cc4ccccc4C[C@H]3C[C@H]21. The van der Waals surface area contributed by atoms with Crippen molar-refractivity contribution in [1.29, 1.82) is 0 Å². The van der Waals surface area contributed by atoms with Gasteiger partial charge in [0.05, 0.1) is 0 Å². The standard InChI is InChI=1S/C20H29N/c1-21(2)20-9-5-8-16-12-17-10-14-6-3-4-7-15(14)11-18(17)13-19(16)20/h3-4,6-7,16-20H,5,8-13H2,1-2H3/t16?,17?,18-,19+,20+/m0/s1. The third-order valence-corrected chi connectivity index (χ3v) is 6.77. The molecular weight excluding hydrogens is 254 g/mol. The van der Waals surface area contributed by atoms with E-state index in [1.165, 1.54) is 44.9 Å². The predicted octanol–water partition coefficient (Wildman–Crippen LogP) is 4.16. The molecule has 3 aliphatic rings. The first kappa shape index (κ1) is 13.8. The summed E-state index contributed by atoms with van der Waals surface area (Å²) < 4.78 is 0. The highest BCUT2D eigenvalue weighted by Gasteiger charge is 2.44. The maximum Gasteiger partial charge on any atom is 0.0120 e. The van der Waals surface area contributed by atoms with Gasteiger partial charge in [-0.3, -0.25) is 0 Å². The molecule has 0 bridgehead atoms. The summed E-state index contributed by atoms with van der Waals surface area (Å²) >= 11 is 0. The van der Waals surface area contributed by atoms with Gasteiger partial charge in [-0.15, -0.1) is 0 Å². The number of benzene rings is 1. The summed E-state index contributed by atoms with van der Waals surface area (Å²) in [6.45, 7) is 0. The van der Waals surface area contributed by atoms with Gasteiger partial charge in [0.15, 0.2) is 0 Å². The number of hydrogen-bond acceptors (Lipinski definition) is 1. The van der Waals surface area contributed by atoms with Crippen molar-refractivity contribution in [2.75, 3.05) is 14.1 Å². The highest BCUT2D eigenvalue weighted by Crippen LogP contribution is 2.49. The predicted molar refractivity (Wildman–Crippen MR) is 88.4 cm³/mol. The fraction of sp³-hybridized carbons (Fsp3) is 0.700. The normalized spacial score (nSPS) is 38.5. The van der Waals surface area contributed by atoms with Crippen LogP contribution in [0, 0.1) is 23.7 Å². The van der Waals surface area contributed by atoms with Crippen LogP contribution in [0.4, 0.5) is 0 Å². The molecule has 0 saturated heterocycles. The van der Waals surface area contributed by atoms with E-state index in [0.29, 0.717) is 0 Å². The first-order valence-corrected chi connectivity index (χ1v) is 8.95. The van der Waals surface area contributed by atoms with E-state index < -0.39 is 0 Å². The molecule has 2 fully saturated rings. The Morgan fingerprint density at radius 1 is 0.857 bits per heavy atom. The van der Waals surface area contributed by atoms with Crippen LogP contribution >= 0.6 is 0 Å². The lowest BCUT2D eigenvalue weighted by Gasteiger charge is -2.50. The smallest absolute Gasteiger partial charge is 0.0120 e. The summed E-state index contributed by atoms with van der Waals surface area (Å²) in [6.07, 6.45) is 10.1. The van der Waals surface area contributed by atoms with Gasteiger partial charge in [-0.2, -0.15) is 0 Å². The number of rotatable bonds is 1. The summed E-state index contributed by atoms with van der Waals surface area (Å²) in [5, 5.41) is 0. The van der Waals surface area contributed by atoms with Crippen LogP contribution in [0.1, 0.15) is 43.2 Å². The molecular formula is C20H29N. The lowest BCUT2D eigenvalue weighted by Crippen LogP contribution is -2.48. The Balaban J connectivity index is 1.57. The molecule has 1 heteroatoms. The third kappa shape index (κ3) is 2.44. The van der Waals surface area contributed by atoms with Crippen molar-refractivity contribution in [1.82, 2.24) is 4.90 Å². The van der Waals surface area contributed by atoms with Crippen molar-refractivity contribution in [2.24, 2.45) is 23.7 Å². The molecule has 0 radical (unpaired) electrons. The molecule has 21 heavy (non-hydrogen) atoms. The molecule has 0 spiro atoms. The molecule has 1 nitrogen and oxygen atoms in total. The average Bonchev–Trinajstić information content (AvgIpc) is 2.50. The van der Waals surface area contributed by atoms with E-state index in [4.69, 9.17) is 0 Å². The van der Waals surface area contributed by atoms with Crippen LogP contribution in [0.15, 0.2) is 24.3 Å². The Bertz CT molecular complexity index is 506. The van der Waals surface area contributed by atoms with Crippen molar-refractivity contribution >= 4 is 0 Å². The highest BCUT2D eigenvalue weighted by atomic mass is 15.1. The summed E-state index contributed by atoms with van der Waals surface area (Å²) in [5.74, 6) is 3.92. The molecule has 0 amide bonds. The van der Waals surface area contributed by atoms with E-state index in [2.05, 4.69) is 43.3 Å². The Labute approximate surface area is 129 Å². The van der Waals surface area contributed by atoms with Crippen LogP contribution in [0.5, 0.6) is 0 Å². The zero-order valence-electron chi connectivity index (χ0n) is 13.6. The van der Waals surface area contributed by atoms with Crippen LogP contribution in [-0.2, 0) is 12.8 Å². The van der Waals surface area contributed by atoms with E-state index in [0.717, 1.165) is 29.7 Å². The van der Waals surface area contributed by atoms with Gasteiger partial charge in [0, 0.05) is 6.04 Å². The second kappa shape index (κ2) is 5.43. The topological polar surface area (TPSA) is 3.24 Å². The van der Waals surface area contributed by atoms with Crippen LogP contribution in [0.2, 0.25) is 0 Å². The van der Waals surface area contributed by atoms with Gasteiger partial charge in [0.2, 0.25) is 0 Å². The first-order chi connectivity index (χ1) is 10.2. The molecule has 0 heterocycles. The Hall–Kier alpha value is -0.820. The molecule has 2 unspecified atom stereocenters. The molecule has 1 aromatic carbocycles. The monoisotopic (exact) mass is 283 g/mol. The minimum atomic E-state index is 0.849. The van der Waals surface area contributed by atoms with Gasteiger partial charge in [-0.1, -0.05) is 37.1 Å². The molecule has 5 atom stereocenters. The summed E-state index contributed by atoms with van der Waals surface area (Å²) in [7, 11) is 4.60. The Kier molecular flexibility index (Phi) is 3.57. The minimum Gasteiger partial charge on any atom is -0.306 e. The van der Waals surface area contributed by atoms with Gasteiger partial charge in [-0.05, 0) is 81.0 Å². The van der Waals surface area contributed by atoms with Gasteiger partial charge in [-0.25, -0.2) is 0 Å². The second-order valence-electron chi connectivity index (χ2n) is 8.05. The van der Waals surface area contributed by atoms with Gasteiger partial charge < -0.3 is 4.90 Å². The van der Waals surface area contributed by atoms with Crippen LogP contribution in [-0.4, -0.2) is 25.0 Å². The molecule has 0 aromatic heterocycles. The van der Waals surface area contributed by atoms with Crippen molar-refractivity contribution < 1.29 is 0 Å². The number of nitrogens with zero attached hydrogens (tertiary/aromatic N) is 1. The van der Waals surface area contributed by atoms with Crippen LogP contribution in [0.3, 0.4) is 0 Å². The van der Waals surface area contributed by atoms with E-state index in [1.54, 1.807) is 11.1 Å². The quantitative estimate of drug-likeness (QED) is 0.748. The zero-order valence-corrected chi connectivity index (χ0v) is 13.6. The van der Waals surface area contributed by atoms with E-state index >= 15 is 0 Å². The lowest BCUT2D eigenvalue weighted by atomic mass is 9.58. The van der Waals surface area contributed by atoms with Gasteiger partial charge in [0.1, 0.15) is 0 Å². The molecule has 0 N–H and O–H groups in total. The van der Waals surface area contributed by atoms with Crippen molar-refractivity contribution in [3.8, 4) is 0 Å². The molecule has 1 aromatic rings. The van der Waals surface area contributed by atoms with Gasteiger partial charge in [0.25, 0.3) is 0 Å². The molecule has 0 aliphatic heterocycles. The van der Waals surface area contributed by atoms with Crippen LogP contribution in [0.25, 0.3) is 0 Å². The third-order valence-electron chi connectivity index (χ3n) is 6.77. The van der Waals surface area contributed by atoms with Crippen molar-refractivity contribution in [3.63, 3.8) is 0 Å². The van der Waals surface area contributed by atoms with Crippen LogP contribution < -0.4 is 0 Å². The number of fused-ring (bicyclic) bond motifs is 3. The molecule has 3 aliphatic carbocycles. The van der Waals surface area contributed by atoms with E-state index in [-0.39, 0.29) is 0 Å². The number of hydrogen-bond donors (Lipinski definition) is 0. The lowest BCUT2D eigenvalue weighted by molar-refractivity contribution is 0.0152. The fourth-order valence-corrected chi connectivity index (χ4v) is 5.76. The largest absolute Gasteiger partial charge is 0.306 e. The highest BCUT2D eigenvalue weighted by molar-refractivity contribution is 5.31. The summed E-state index contributed by atoms with van der Waals surface area (Å²) in [5.41, 5.74) is 3.30. The Morgan fingerprint density at radius 3 is 2.19 bits per heavy atom. The second-order valence-corrected chi connectivity index (χ2v) is 8.05. The summed E-state index contributed by atoms with van der Waals surface area (Å²) in [6, 6.07) is 10.1. The van der Waals surface area contributed by atoms with E-state index in [9.17, 15) is 0 Å². The van der Waals surface area contributed by atoms with Gasteiger partial charge >= 0.3 is 0 Å². The maximum absolute atomic E-state index is 2.52. The summed E-state index contributed by atoms with van der Waals surface area (Å²) in [4.78, 5) is 2.52. The fourth-order valence-electron chi connectivity index (χ4n) is 5.76. The van der Waals surface area contributed by atoms with E-state index in [1.807, 2.05) is 0 Å². The molecule has 4 rings (SSSR count). The minimum absolute atomic E-state index is 0.849. The maximum atomic E-state index is 2.52. The Morgan fingerprint density at radius 2 is 1.52 bits per heavy atom. The van der Waals surface area contributed by atoms with Crippen molar-refractivity contribution in [2.45, 2.75) is 51.0 Å².